The van der Waals surface area contributed by atoms with Gasteiger partial charge in [-0.25, -0.2) is 9.78 Å². The van der Waals surface area contributed by atoms with Gasteiger partial charge in [0.25, 0.3) is 0 Å². The minimum atomic E-state index is -0.509. The number of carbonyl (C=O) groups is 1. The van der Waals surface area contributed by atoms with Crippen LogP contribution in [0.5, 0.6) is 17.4 Å². The maximum absolute atomic E-state index is 11.9. The molecule has 3 aromatic rings. The highest BCUT2D eigenvalue weighted by molar-refractivity contribution is 5.93. The third kappa shape index (κ3) is 7.26. The Morgan fingerprint density at radius 2 is 1.51 bits per heavy atom. The lowest BCUT2D eigenvalue weighted by molar-refractivity contribution is 0.0363. The summed E-state index contributed by atoms with van der Waals surface area (Å²) in [6, 6.07) is 21.0. The smallest absolute Gasteiger partial charge is 0.407 e. The van der Waals surface area contributed by atoms with Crippen LogP contribution in [0.2, 0.25) is 0 Å². The van der Waals surface area contributed by atoms with E-state index in [0.717, 1.165) is 29.7 Å². The van der Waals surface area contributed by atoms with E-state index in [2.05, 4.69) is 36.3 Å². The molecule has 1 saturated carbocycles. The molecule has 2 aromatic carbocycles. The molecule has 0 bridgehead atoms. The Labute approximate surface area is 229 Å². The molecule has 4 N–H and O–H groups in total. The van der Waals surface area contributed by atoms with Crippen molar-refractivity contribution in [2.45, 2.75) is 70.6 Å². The normalized spacial score (nSPS) is 17.0. The van der Waals surface area contributed by atoms with Crippen molar-refractivity contribution in [3.63, 3.8) is 0 Å². The Kier molecular flexibility index (Phi) is 8.11. The second-order valence-electron chi connectivity index (χ2n) is 11.2. The lowest BCUT2D eigenvalue weighted by atomic mass is 9.78. The molecular formula is C30H36N4O5. The zero-order chi connectivity index (χ0) is 28.2. The number of alkyl carbamates (subject to hydrolysis) is 1. The van der Waals surface area contributed by atoms with E-state index in [-0.39, 0.29) is 35.2 Å². The largest absolute Gasteiger partial charge is 0.490 e. The molecule has 1 fully saturated rings. The van der Waals surface area contributed by atoms with E-state index >= 15 is 0 Å². The van der Waals surface area contributed by atoms with Gasteiger partial charge in [0.2, 0.25) is 5.88 Å². The Hall–Kier alpha value is -4.11. The summed E-state index contributed by atoms with van der Waals surface area (Å²) >= 11 is 0. The summed E-state index contributed by atoms with van der Waals surface area (Å²) in [5.41, 5.74) is 3.56. The molecule has 9 heteroatoms. The fraction of sp³-hybridized carbons (Fsp3) is 0.367. The monoisotopic (exact) mass is 532 g/mol. The number of hydrogen-bond donors (Lipinski definition) is 4. The number of hydroxylamine groups is 1. The Morgan fingerprint density at radius 1 is 0.923 bits per heavy atom. The zero-order valence-electron chi connectivity index (χ0n) is 22.9. The number of rotatable bonds is 8. The summed E-state index contributed by atoms with van der Waals surface area (Å²) in [5.74, 6) is 1.54. The first-order chi connectivity index (χ1) is 18.4. The third-order valence-corrected chi connectivity index (χ3v) is 6.58. The van der Waals surface area contributed by atoms with Gasteiger partial charge < -0.3 is 19.5 Å². The molecule has 1 aliphatic rings. The van der Waals surface area contributed by atoms with E-state index in [1.807, 2.05) is 57.2 Å². The molecule has 0 atom stereocenters. The topological polar surface area (TPSA) is 126 Å². The van der Waals surface area contributed by atoms with Gasteiger partial charge >= 0.3 is 6.09 Å². The first kappa shape index (κ1) is 27.9. The minimum Gasteiger partial charge on any atom is -0.490 e. The molecule has 0 aliphatic heterocycles. The van der Waals surface area contributed by atoms with Gasteiger partial charge in [0.05, 0.1) is 0 Å². The Balaban J connectivity index is 1.31. The average molecular weight is 533 g/mol. The van der Waals surface area contributed by atoms with E-state index < -0.39 is 5.60 Å². The molecule has 0 unspecified atom stereocenters. The summed E-state index contributed by atoms with van der Waals surface area (Å²) in [5, 5.41) is 19.5. The number of aromatic nitrogens is 1. The lowest BCUT2D eigenvalue weighted by Crippen LogP contribution is -2.50. The van der Waals surface area contributed by atoms with Crippen LogP contribution in [0.25, 0.3) is 0 Å². The van der Waals surface area contributed by atoms with E-state index in [4.69, 9.17) is 24.8 Å². The standard InChI is InChI=1S/C30H36N4O5/c1-29(2,3)39-28(35)32-21-17-24(18-21)37-22-13-9-19(10-14-22)30(4,5)20-11-15-23(16-12-20)38-26-8-6-7-25(33-26)27(31)34-36/h6-16,21,24,36H,17-18H2,1-5H3,(H2,31,34)(H,32,35)/t21-,24-. The second-order valence-corrected chi connectivity index (χ2v) is 11.2. The van der Waals surface area contributed by atoms with Crippen LogP contribution in [0.1, 0.15) is 64.3 Å². The quantitative estimate of drug-likeness (QED) is 0.161. The highest BCUT2D eigenvalue weighted by atomic mass is 16.6. The van der Waals surface area contributed by atoms with Crippen molar-refractivity contribution in [2.75, 3.05) is 0 Å². The highest BCUT2D eigenvalue weighted by Crippen LogP contribution is 2.35. The van der Waals surface area contributed by atoms with Gasteiger partial charge in [-0.2, -0.15) is 0 Å². The maximum Gasteiger partial charge on any atom is 0.407 e. The number of nitrogens with one attached hydrogen (secondary N) is 3. The van der Waals surface area contributed by atoms with Crippen LogP contribution in [0.15, 0.2) is 66.7 Å². The average Bonchev–Trinajstić information content (AvgIpc) is 2.86. The molecule has 1 aromatic heterocycles. The van der Waals surface area contributed by atoms with Crippen molar-refractivity contribution in [3.8, 4) is 17.4 Å². The van der Waals surface area contributed by atoms with Crippen LogP contribution in [0.3, 0.4) is 0 Å². The molecule has 0 saturated heterocycles. The highest BCUT2D eigenvalue weighted by Gasteiger charge is 2.33. The fourth-order valence-electron chi connectivity index (χ4n) is 4.29. The molecule has 0 spiro atoms. The number of nitrogens with zero attached hydrogens (tertiary/aromatic N) is 1. The summed E-state index contributed by atoms with van der Waals surface area (Å²) in [7, 11) is 0. The van der Waals surface area contributed by atoms with E-state index in [1.165, 1.54) is 0 Å². The number of benzene rings is 2. The first-order valence-corrected chi connectivity index (χ1v) is 12.9. The fourth-order valence-corrected chi connectivity index (χ4v) is 4.29. The van der Waals surface area contributed by atoms with Crippen molar-refractivity contribution in [1.29, 1.82) is 5.41 Å². The lowest BCUT2D eigenvalue weighted by Gasteiger charge is -2.36. The second kappa shape index (κ2) is 11.3. The molecule has 9 nitrogen and oxygen atoms in total. The number of pyridine rings is 1. The van der Waals surface area contributed by atoms with E-state index in [9.17, 15) is 4.79 Å². The van der Waals surface area contributed by atoms with Gasteiger partial charge in [0.1, 0.15) is 28.9 Å². The molecule has 4 rings (SSSR count). The van der Waals surface area contributed by atoms with Gasteiger partial charge in [-0.05, 0) is 62.2 Å². The van der Waals surface area contributed by atoms with Gasteiger partial charge in [-0.3, -0.25) is 16.1 Å². The van der Waals surface area contributed by atoms with Crippen LogP contribution in [0.4, 0.5) is 4.79 Å². The SMILES string of the molecule is CC(C)(C)OC(=O)N[C@H]1C[C@H](Oc2ccc(C(C)(C)c3ccc(Oc4cccc(C(=N)NO)n4)cc3)cc2)C1. The minimum absolute atomic E-state index is 0.0667. The number of amidine groups is 1. The molecule has 1 aliphatic carbocycles. The predicted molar refractivity (Wildman–Crippen MR) is 148 cm³/mol. The molecule has 0 radical (unpaired) electrons. The summed E-state index contributed by atoms with van der Waals surface area (Å²) in [6.07, 6.45) is 1.18. The first-order valence-electron chi connectivity index (χ1n) is 12.9. The Morgan fingerprint density at radius 3 is 2.08 bits per heavy atom. The zero-order valence-corrected chi connectivity index (χ0v) is 22.9. The molecule has 206 valence electrons. The van der Waals surface area contributed by atoms with Crippen LogP contribution in [-0.4, -0.2) is 39.9 Å². The summed E-state index contributed by atoms with van der Waals surface area (Å²) in [6.45, 7) is 9.87. The molecule has 1 amide bonds. The van der Waals surface area contributed by atoms with Crippen LogP contribution < -0.4 is 20.3 Å². The van der Waals surface area contributed by atoms with Crippen molar-refractivity contribution >= 4 is 11.9 Å². The van der Waals surface area contributed by atoms with Crippen molar-refractivity contribution in [2.24, 2.45) is 0 Å². The van der Waals surface area contributed by atoms with Crippen LogP contribution in [0, 0.1) is 5.41 Å². The van der Waals surface area contributed by atoms with E-state index in [1.54, 1.807) is 23.7 Å². The summed E-state index contributed by atoms with van der Waals surface area (Å²) in [4.78, 5) is 16.1. The number of hydrogen-bond acceptors (Lipinski definition) is 7. The third-order valence-electron chi connectivity index (χ3n) is 6.58. The number of carbonyl (C=O) groups excluding carboxylic acids is 1. The van der Waals surface area contributed by atoms with Gasteiger partial charge in [-0.15, -0.1) is 0 Å². The predicted octanol–water partition coefficient (Wildman–Crippen LogP) is 5.94. The molecule has 1 heterocycles. The van der Waals surface area contributed by atoms with Crippen molar-refractivity contribution < 1.29 is 24.2 Å². The number of amides is 1. The summed E-state index contributed by atoms with van der Waals surface area (Å²) < 4.78 is 17.2. The maximum atomic E-state index is 11.9. The van der Waals surface area contributed by atoms with Crippen LogP contribution in [-0.2, 0) is 10.2 Å². The van der Waals surface area contributed by atoms with Gasteiger partial charge in [-0.1, -0.05) is 44.2 Å². The molecule has 39 heavy (non-hydrogen) atoms. The van der Waals surface area contributed by atoms with Crippen molar-refractivity contribution in [3.05, 3.63) is 83.6 Å². The van der Waals surface area contributed by atoms with Crippen LogP contribution >= 0.6 is 0 Å². The molecular weight excluding hydrogens is 496 g/mol. The van der Waals surface area contributed by atoms with Gasteiger partial charge in [0.15, 0.2) is 5.84 Å². The Bertz CT molecular complexity index is 1290. The van der Waals surface area contributed by atoms with Gasteiger partial charge in [0, 0.05) is 30.4 Å². The van der Waals surface area contributed by atoms with E-state index in [0.29, 0.717) is 11.6 Å². The number of ether oxygens (including phenoxy) is 3. The van der Waals surface area contributed by atoms with Crippen molar-refractivity contribution in [1.82, 2.24) is 15.8 Å².